The number of β-amino-alcohol motifs (C(OH)–C–C–N with tert-alkyl or cyclic N) is 1. The zero-order valence-electron chi connectivity index (χ0n) is 10.8. The zero-order chi connectivity index (χ0) is 13.4. The van der Waals surface area contributed by atoms with E-state index in [9.17, 15) is 5.11 Å². The molecular formula is C13H15N3O3. The van der Waals surface area contributed by atoms with E-state index in [0.29, 0.717) is 24.6 Å². The molecule has 2 aromatic rings. The highest BCUT2D eigenvalue weighted by Crippen LogP contribution is 2.35. The Morgan fingerprint density at radius 2 is 1.84 bits per heavy atom. The minimum Gasteiger partial charge on any atom is -0.493 e. The smallest absolute Gasteiger partial charge is 0.162 e. The third-order valence-corrected chi connectivity index (χ3v) is 3.28. The number of rotatable bonds is 3. The molecule has 1 fully saturated rings. The van der Waals surface area contributed by atoms with E-state index in [4.69, 9.17) is 9.47 Å². The van der Waals surface area contributed by atoms with Crippen LogP contribution >= 0.6 is 0 Å². The van der Waals surface area contributed by atoms with E-state index in [0.717, 1.165) is 16.7 Å². The first kappa shape index (κ1) is 12.0. The number of hydrogen-bond donors (Lipinski definition) is 1. The van der Waals surface area contributed by atoms with Gasteiger partial charge in [-0.15, -0.1) is 0 Å². The standard InChI is InChI=1S/C13H15N3O3/c1-18-11-3-9-10(4-12(11)19-2)14-7-15-13(9)16-5-8(17)6-16/h3-4,7-8,17H,5-6H2,1-2H3. The summed E-state index contributed by atoms with van der Waals surface area (Å²) in [5.74, 6) is 2.10. The third-order valence-electron chi connectivity index (χ3n) is 3.28. The molecule has 1 aliphatic rings. The quantitative estimate of drug-likeness (QED) is 0.882. The molecular weight excluding hydrogens is 246 g/mol. The second-order valence-electron chi connectivity index (χ2n) is 4.48. The number of hydrogen-bond acceptors (Lipinski definition) is 6. The highest BCUT2D eigenvalue weighted by molar-refractivity contribution is 5.92. The average molecular weight is 261 g/mol. The molecule has 0 bridgehead atoms. The van der Waals surface area contributed by atoms with Crippen molar-refractivity contribution in [1.82, 2.24) is 9.97 Å². The van der Waals surface area contributed by atoms with Crippen LogP contribution in [0.25, 0.3) is 10.9 Å². The van der Waals surface area contributed by atoms with Gasteiger partial charge in [0.25, 0.3) is 0 Å². The Labute approximate surface area is 110 Å². The van der Waals surface area contributed by atoms with Gasteiger partial charge in [0.05, 0.1) is 25.8 Å². The normalized spacial score (nSPS) is 15.4. The van der Waals surface area contributed by atoms with E-state index in [1.165, 1.54) is 6.33 Å². The van der Waals surface area contributed by atoms with Gasteiger partial charge in [0.1, 0.15) is 12.1 Å². The Kier molecular flexibility index (Phi) is 2.87. The van der Waals surface area contributed by atoms with Gasteiger partial charge in [0.15, 0.2) is 11.5 Å². The first-order valence-corrected chi connectivity index (χ1v) is 6.02. The molecule has 6 heteroatoms. The van der Waals surface area contributed by atoms with Gasteiger partial charge in [0.2, 0.25) is 0 Å². The Morgan fingerprint density at radius 3 is 2.47 bits per heavy atom. The summed E-state index contributed by atoms with van der Waals surface area (Å²) in [7, 11) is 3.19. The summed E-state index contributed by atoms with van der Waals surface area (Å²) in [4.78, 5) is 10.6. The van der Waals surface area contributed by atoms with E-state index in [-0.39, 0.29) is 6.10 Å². The number of methoxy groups -OCH3 is 2. The van der Waals surface area contributed by atoms with Crippen LogP contribution in [-0.2, 0) is 0 Å². The van der Waals surface area contributed by atoms with Gasteiger partial charge < -0.3 is 19.5 Å². The van der Waals surface area contributed by atoms with Crippen LogP contribution in [0.4, 0.5) is 5.82 Å². The second kappa shape index (κ2) is 4.55. The molecule has 0 atom stereocenters. The first-order valence-electron chi connectivity index (χ1n) is 6.02. The monoisotopic (exact) mass is 261 g/mol. The summed E-state index contributed by atoms with van der Waals surface area (Å²) >= 11 is 0. The van der Waals surface area contributed by atoms with Crippen LogP contribution in [0.2, 0.25) is 0 Å². The van der Waals surface area contributed by atoms with Gasteiger partial charge in [-0.3, -0.25) is 0 Å². The molecule has 19 heavy (non-hydrogen) atoms. The third kappa shape index (κ3) is 1.94. The van der Waals surface area contributed by atoms with E-state index in [2.05, 4.69) is 9.97 Å². The topological polar surface area (TPSA) is 67.7 Å². The Bertz CT molecular complexity index is 611. The summed E-state index contributed by atoms with van der Waals surface area (Å²) in [6, 6.07) is 3.70. The second-order valence-corrected chi connectivity index (χ2v) is 4.48. The minimum absolute atomic E-state index is 0.273. The SMILES string of the molecule is COc1cc2ncnc(N3CC(O)C3)c2cc1OC. The summed E-state index contributed by atoms with van der Waals surface area (Å²) < 4.78 is 10.6. The molecule has 0 radical (unpaired) electrons. The predicted molar refractivity (Wildman–Crippen MR) is 70.9 cm³/mol. The van der Waals surface area contributed by atoms with E-state index in [1.54, 1.807) is 14.2 Å². The summed E-state index contributed by atoms with van der Waals surface area (Å²) in [6.45, 7) is 1.20. The van der Waals surface area contributed by atoms with Gasteiger partial charge in [0, 0.05) is 24.5 Å². The lowest BCUT2D eigenvalue weighted by molar-refractivity contribution is 0.141. The lowest BCUT2D eigenvalue weighted by Gasteiger charge is -2.37. The van der Waals surface area contributed by atoms with Crippen molar-refractivity contribution in [2.24, 2.45) is 0 Å². The molecule has 6 nitrogen and oxygen atoms in total. The van der Waals surface area contributed by atoms with Crippen molar-refractivity contribution >= 4 is 16.7 Å². The van der Waals surface area contributed by atoms with Gasteiger partial charge in [-0.1, -0.05) is 0 Å². The Morgan fingerprint density at radius 1 is 1.16 bits per heavy atom. The molecule has 1 saturated heterocycles. The molecule has 0 amide bonds. The molecule has 0 saturated carbocycles. The largest absolute Gasteiger partial charge is 0.493 e. The molecule has 0 aliphatic carbocycles. The number of ether oxygens (including phenoxy) is 2. The lowest BCUT2D eigenvalue weighted by Crippen LogP contribution is -2.51. The van der Waals surface area contributed by atoms with E-state index >= 15 is 0 Å². The number of aliphatic hydroxyl groups excluding tert-OH is 1. The number of anilines is 1. The number of aromatic nitrogens is 2. The highest BCUT2D eigenvalue weighted by atomic mass is 16.5. The van der Waals surface area contributed by atoms with Crippen LogP contribution < -0.4 is 14.4 Å². The van der Waals surface area contributed by atoms with Crippen LogP contribution in [0.5, 0.6) is 11.5 Å². The molecule has 1 N–H and O–H groups in total. The van der Waals surface area contributed by atoms with Crippen LogP contribution in [-0.4, -0.2) is 48.5 Å². The molecule has 1 aromatic heterocycles. The zero-order valence-corrected chi connectivity index (χ0v) is 10.8. The van der Waals surface area contributed by atoms with Crippen LogP contribution in [0, 0.1) is 0 Å². The number of benzene rings is 1. The van der Waals surface area contributed by atoms with Crippen LogP contribution in [0.3, 0.4) is 0 Å². The van der Waals surface area contributed by atoms with Gasteiger partial charge >= 0.3 is 0 Å². The van der Waals surface area contributed by atoms with Gasteiger partial charge in [-0.05, 0) is 6.07 Å². The predicted octanol–water partition coefficient (Wildman–Crippen LogP) is 0.828. The lowest BCUT2D eigenvalue weighted by atomic mass is 10.1. The number of aliphatic hydroxyl groups is 1. The van der Waals surface area contributed by atoms with Gasteiger partial charge in [-0.2, -0.15) is 0 Å². The molecule has 100 valence electrons. The Hall–Kier alpha value is -2.08. The van der Waals surface area contributed by atoms with Crippen molar-refractivity contribution in [3.8, 4) is 11.5 Å². The van der Waals surface area contributed by atoms with Gasteiger partial charge in [-0.25, -0.2) is 9.97 Å². The fourth-order valence-electron chi connectivity index (χ4n) is 2.25. The fraction of sp³-hybridized carbons (Fsp3) is 0.385. The molecule has 0 unspecified atom stereocenters. The van der Waals surface area contributed by atoms with Crippen molar-refractivity contribution in [2.75, 3.05) is 32.2 Å². The van der Waals surface area contributed by atoms with Crippen molar-refractivity contribution in [3.63, 3.8) is 0 Å². The molecule has 3 rings (SSSR count). The molecule has 2 heterocycles. The van der Waals surface area contributed by atoms with E-state index in [1.807, 2.05) is 17.0 Å². The first-order chi connectivity index (χ1) is 9.22. The van der Waals surface area contributed by atoms with Crippen molar-refractivity contribution in [1.29, 1.82) is 0 Å². The van der Waals surface area contributed by atoms with Crippen LogP contribution in [0.15, 0.2) is 18.5 Å². The summed E-state index contributed by atoms with van der Waals surface area (Å²) in [5, 5.41) is 10.3. The minimum atomic E-state index is -0.273. The Balaban J connectivity index is 2.13. The number of nitrogens with zero attached hydrogens (tertiary/aromatic N) is 3. The van der Waals surface area contributed by atoms with Crippen LogP contribution in [0.1, 0.15) is 0 Å². The average Bonchev–Trinajstić information content (AvgIpc) is 2.41. The van der Waals surface area contributed by atoms with Crippen molar-refractivity contribution < 1.29 is 14.6 Å². The fourth-order valence-corrected chi connectivity index (χ4v) is 2.25. The molecule has 0 spiro atoms. The summed E-state index contributed by atoms with van der Waals surface area (Å²) in [6.07, 6.45) is 1.25. The van der Waals surface area contributed by atoms with Crippen molar-refractivity contribution in [2.45, 2.75) is 6.10 Å². The molecule has 1 aliphatic heterocycles. The maximum Gasteiger partial charge on any atom is 0.162 e. The maximum absolute atomic E-state index is 9.40. The van der Waals surface area contributed by atoms with Crippen molar-refractivity contribution in [3.05, 3.63) is 18.5 Å². The molecule has 1 aromatic carbocycles. The summed E-state index contributed by atoms with van der Waals surface area (Å²) in [5.41, 5.74) is 0.795. The maximum atomic E-state index is 9.40. The van der Waals surface area contributed by atoms with E-state index < -0.39 is 0 Å². The highest BCUT2D eigenvalue weighted by Gasteiger charge is 2.27. The number of fused-ring (bicyclic) bond motifs is 1.